The largest absolute Gasteiger partial charge is 0.367 e. The van der Waals surface area contributed by atoms with Crippen LogP contribution >= 0.6 is 12.6 Å². The summed E-state index contributed by atoms with van der Waals surface area (Å²) >= 11 is 3.95. The zero-order chi connectivity index (χ0) is 9.14. The van der Waals surface area contributed by atoms with Crippen molar-refractivity contribution in [1.29, 1.82) is 0 Å². The van der Waals surface area contributed by atoms with Gasteiger partial charge in [-0.1, -0.05) is 0 Å². The van der Waals surface area contributed by atoms with Crippen LogP contribution in [0.5, 0.6) is 0 Å². The third kappa shape index (κ3) is 1.65. The number of rotatable bonds is 2. The Kier molecular flexibility index (Phi) is 2.49. The normalized spacial score (nSPS) is 9.50. The van der Waals surface area contributed by atoms with Crippen LogP contribution in [0.3, 0.4) is 0 Å². The van der Waals surface area contributed by atoms with E-state index in [1.54, 1.807) is 7.05 Å². The minimum atomic E-state index is -0.494. The molecule has 1 heterocycles. The molecule has 12 heavy (non-hydrogen) atoms. The number of nitrogens with one attached hydrogen (secondary N) is 1. The van der Waals surface area contributed by atoms with E-state index in [1.807, 2.05) is 0 Å². The number of hydrogen-bond acceptors (Lipinski definition) is 5. The highest BCUT2D eigenvalue weighted by atomic mass is 32.1. The third-order valence-corrected chi connectivity index (χ3v) is 1.54. The molecule has 0 saturated heterocycles. The van der Waals surface area contributed by atoms with Crippen molar-refractivity contribution < 1.29 is 4.92 Å². The predicted molar refractivity (Wildman–Crippen MR) is 47.7 cm³/mol. The van der Waals surface area contributed by atoms with Gasteiger partial charge in [0.25, 0.3) is 0 Å². The SMILES string of the molecule is CNc1nc(S)ccc1[N+](=O)[O-]. The summed E-state index contributed by atoms with van der Waals surface area (Å²) in [5.74, 6) is 0.229. The average Bonchev–Trinajstić information content (AvgIpc) is 2.03. The molecule has 5 nitrogen and oxygen atoms in total. The van der Waals surface area contributed by atoms with E-state index in [0.717, 1.165) is 0 Å². The molecule has 1 aromatic heterocycles. The average molecular weight is 185 g/mol. The van der Waals surface area contributed by atoms with E-state index < -0.39 is 4.92 Å². The minimum Gasteiger partial charge on any atom is -0.367 e. The molecule has 0 unspecified atom stereocenters. The van der Waals surface area contributed by atoms with Gasteiger partial charge in [-0.05, 0) is 6.07 Å². The van der Waals surface area contributed by atoms with Gasteiger partial charge in [-0.15, -0.1) is 12.6 Å². The molecule has 0 aliphatic heterocycles. The number of nitrogens with zero attached hydrogens (tertiary/aromatic N) is 2. The number of thiol groups is 1. The summed E-state index contributed by atoms with van der Waals surface area (Å²) in [6.45, 7) is 0. The highest BCUT2D eigenvalue weighted by molar-refractivity contribution is 7.80. The first kappa shape index (κ1) is 8.79. The van der Waals surface area contributed by atoms with Gasteiger partial charge in [0.15, 0.2) is 0 Å². The van der Waals surface area contributed by atoms with Gasteiger partial charge in [-0.2, -0.15) is 0 Å². The van der Waals surface area contributed by atoms with Gasteiger partial charge in [-0.3, -0.25) is 10.1 Å². The van der Waals surface area contributed by atoms with Crippen LogP contribution in [0, 0.1) is 10.1 Å². The molecule has 64 valence electrons. The van der Waals surface area contributed by atoms with Crippen LogP contribution in [0.15, 0.2) is 17.2 Å². The highest BCUT2D eigenvalue weighted by Gasteiger charge is 2.13. The summed E-state index contributed by atoms with van der Waals surface area (Å²) < 4.78 is 0. The van der Waals surface area contributed by atoms with E-state index in [4.69, 9.17) is 0 Å². The molecular weight excluding hydrogens is 178 g/mol. The van der Waals surface area contributed by atoms with Crippen LogP contribution in [-0.4, -0.2) is 17.0 Å². The molecular formula is C6H7N3O2S. The summed E-state index contributed by atoms with van der Waals surface area (Å²) in [4.78, 5) is 13.7. The number of nitro groups is 1. The molecule has 0 aliphatic carbocycles. The van der Waals surface area contributed by atoms with Gasteiger partial charge < -0.3 is 5.32 Å². The fourth-order valence-electron chi connectivity index (χ4n) is 0.773. The third-order valence-electron chi connectivity index (χ3n) is 1.29. The standard InChI is InChI=1S/C6H7N3O2S/c1-7-6-4(9(10)11)2-3-5(12)8-6/h2-3H,1H3,(H2,7,8,12). The summed E-state index contributed by atoms with van der Waals surface area (Å²) in [6.07, 6.45) is 0. The van der Waals surface area contributed by atoms with Gasteiger partial charge in [0, 0.05) is 13.1 Å². The van der Waals surface area contributed by atoms with Gasteiger partial charge in [0.05, 0.1) is 9.95 Å². The Morgan fingerprint density at radius 1 is 1.67 bits per heavy atom. The van der Waals surface area contributed by atoms with Crippen molar-refractivity contribution in [3.63, 3.8) is 0 Å². The van der Waals surface area contributed by atoms with Crippen molar-refractivity contribution in [3.05, 3.63) is 22.2 Å². The Morgan fingerprint density at radius 3 is 2.83 bits per heavy atom. The monoisotopic (exact) mass is 185 g/mol. The van der Waals surface area contributed by atoms with Crippen LogP contribution in [0.1, 0.15) is 0 Å². The Morgan fingerprint density at radius 2 is 2.33 bits per heavy atom. The van der Waals surface area contributed by atoms with Crippen LogP contribution < -0.4 is 5.32 Å². The number of aromatic nitrogens is 1. The zero-order valence-corrected chi connectivity index (χ0v) is 7.21. The second kappa shape index (κ2) is 3.40. The summed E-state index contributed by atoms with van der Waals surface area (Å²) in [6, 6.07) is 2.84. The van der Waals surface area contributed by atoms with E-state index in [0.29, 0.717) is 5.03 Å². The number of hydrogen-bond donors (Lipinski definition) is 2. The lowest BCUT2D eigenvalue weighted by Crippen LogP contribution is -1.99. The molecule has 0 aliphatic rings. The maximum atomic E-state index is 10.4. The first-order valence-corrected chi connectivity index (χ1v) is 3.62. The second-order valence-corrected chi connectivity index (χ2v) is 2.50. The molecule has 0 saturated carbocycles. The Bertz CT molecular complexity index is 316. The van der Waals surface area contributed by atoms with E-state index in [-0.39, 0.29) is 11.5 Å². The Balaban J connectivity index is 3.20. The maximum absolute atomic E-state index is 10.4. The lowest BCUT2D eigenvalue weighted by molar-refractivity contribution is -0.384. The molecule has 0 fully saturated rings. The molecule has 0 amide bonds. The molecule has 1 aromatic rings. The molecule has 0 bridgehead atoms. The lowest BCUT2D eigenvalue weighted by Gasteiger charge is -2.00. The van der Waals surface area contributed by atoms with Gasteiger partial charge >= 0.3 is 5.69 Å². The van der Waals surface area contributed by atoms with Crippen molar-refractivity contribution >= 4 is 24.1 Å². The van der Waals surface area contributed by atoms with E-state index in [9.17, 15) is 10.1 Å². The minimum absolute atomic E-state index is 0.0460. The number of anilines is 1. The van der Waals surface area contributed by atoms with Crippen molar-refractivity contribution in [2.45, 2.75) is 5.03 Å². The van der Waals surface area contributed by atoms with E-state index >= 15 is 0 Å². The fourth-order valence-corrected chi connectivity index (χ4v) is 0.947. The fraction of sp³-hybridized carbons (Fsp3) is 0.167. The molecule has 0 aromatic carbocycles. The van der Waals surface area contributed by atoms with Gasteiger partial charge in [-0.25, -0.2) is 4.98 Å². The van der Waals surface area contributed by atoms with Crippen molar-refractivity contribution in [2.75, 3.05) is 12.4 Å². The first-order valence-electron chi connectivity index (χ1n) is 3.17. The summed E-state index contributed by atoms with van der Waals surface area (Å²) in [5.41, 5.74) is -0.0460. The molecule has 1 N–H and O–H groups in total. The molecule has 0 atom stereocenters. The molecule has 1 rings (SSSR count). The van der Waals surface area contributed by atoms with Crippen LogP contribution in [0.4, 0.5) is 11.5 Å². The van der Waals surface area contributed by atoms with E-state index in [2.05, 4.69) is 22.9 Å². The van der Waals surface area contributed by atoms with Crippen molar-refractivity contribution in [2.24, 2.45) is 0 Å². The summed E-state index contributed by atoms with van der Waals surface area (Å²) in [7, 11) is 1.57. The quantitative estimate of drug-likeness (QED) is 0.414. The summed E-state index contributed by atoms with van der Waals surface area (Å²) in [5, 5.41) is 13.5. The molecule has 0 spiro atoms. The van der Waals surface area contributed by atoms with Crippen molar-refractivity contribution in [3.8, 4) is 0 Å². The lowest BCUT2D eigenvalue weighted by atomic mass is 10.4. The topological polar surface area (TPSA) is 68.1 Å². The van der Waals surface area contributed by atoms with Crippen LogP contribution in [0.2, 0.25) is 0 Å². The molecule has 6 heteroatoms. The van der Waals surface area contributed by atoms with Crippen LogP contribution in [-0.2, 0) is 0 Å². The smallest absolute Gasteiger partial charge is 0.311 e. The predicted octanol–water partition coefficient (Wildman–Crippen LogP) is 1.32. The van der Waals surface area contributed by atoms with Gasteiger partial charge in [0.1, 0.15) is 0 Å². The van der Waals surface area contributed by atoms with E-state index in [1.165, 1.54) is 12.1 Å². The maximum Gasteiger partial charge on any atom is 0.311 e. The van der Waals surface area contributed by atoms with Crippen LogP contribution in [0.25, 0.3) is 0 Å². The number of pyridine rings is 1. The Hall–Kier alpha value is -1.30. The highest BCUT2D eigenvalue weighted by Crippen LogP contribution is 2.22. The molecule has 0 radical (unpaired) electrons. The van der Waals surface area contributed by atoms with Gasteiger partial charge in [0.2, 0.25) is 5.82 Å². The first-order chi connectivity index (χ1) is 5.65. The van der Waals surface area contributed by atoms with Crippen molar-refractivity contribution in [1.82, 2.24) is 4.98 Å². The Labute approximate surface area is 74.4 Å². The second-order valence-electron chi connectivity index (χ2n) is 2.04. The zero-order valence-electron chi connectivity index (χ0n) is 6.31.